The first-order valence-corrected chi connectivity index (χ1v) is 10.8. The number of benzene rings is 2. The Bertz CT molecular complexity index is 1400. The third kappa shape index (κ3) is 4.80. The minimum atomic E-state index is -4.52. The molecule has 1 fully saturated rings. The van der Waals surface area contributed by atoms with Crippen molar-refractivity contribution in [3.8, 4) is 11.4 Å². The lowest BCUT2D eigenvalue weighted by atomic mass is 10.1. The highest BCUT2D eigenvalue weighted by Crippen LogP contribution is 2.36. The number of carbonyl (C=O) groups is 1. The van der Waals surface area contributed by atoms with Gasteiger partial charge < -0.3 is 19.5 Å². The molecule has 3 heterocycles. The van der Waals surface area contributed by atoms with Gasteiger partial charge in [-0.05, 0) is 43.3 Å². The van der Waals surface area contributed by atoms with E-state index >= 15 is 0 Å². The van der Waals surface area contributed by atoms with Gasteiger partial charge in [-0.15, -0.1) is 0 Å². The zero-order chi connectivity index (χ0) is 24.6. The van der Waals surface area contributed by atoms with Crippen LogP contribution in [0, 0.1) is 6.92 Å². The number of ether oxygens (including phenoxy) is 1. The molecule has 4 aromatic rings. The number of fused-ring (bicyclic) bond motifs is 1. The van der Waals surface area contributed by atoms with Crippen LogP contribution in [0.15, 0.2) is 53.3 Å². The average molecular weight is 483 g/mol. The zero-order valence-corrected chi connectivity index (χ0v) is 18.6. The van der Waals surface area contributed by atoms with Gasteiger partial charge in [-0.25, -0.2) is 9.97 Å². The van der Waals surface area contributed by atoms with Crippen molar-refractivity contribution >= 4 is 28.2 Å². The molecule has 0 atom stereocenters. The van der Waals surface area contributed by atoms with E-state index in [4.69, 9.17) is 9.26 Å². The largest absolute Gasteiger partial charge is 0.416 e. The van der Waals surface area contributed by atoms with E-state index in [0.717, 1.165) is 12.1 Å². The van der Waals surface area contributed by atoms with Crippen LogP contribution in [0.5, 0.6) is 0 Å². The fourth-order valence-corrected chi connectivity index (χ4v) is 3.86. The summed E-state index contributed by atoms with van der Waals surface area (Å²) in [5, 5.41) is 7.02. The number of morpholine rings is 1. The minimum absolute atomic E-state index is 0.150. The maximum Gasteiger partial charge on any atom is 0.416 e. The third-order valence-corrected chi connectivity index (χ3v) is 5.72. The van der Waals surface area contributed by atoms with Gasteiger partial charge in [0.15, 0.2) is 5.82 Å². The van der Waals surface area contributed by atoms with Gasteiger partial charge in [-0.2, -0.15) is 13.2 Å². The average Bonchev–Trinajstić information content (AvgIpc) is 3.29. The zero-order valence-electron chi connectivity index (χ0n) is 18.6. The van der Waals surface area contributed by atoms with E-state index in [2.05, 4.69) is 20.4 Å². The van der Waals surface area contributed by atoms with Crippen LogP contribution in [0.25, 0.3) is 22.3 Å². The number of aromatic nitrogens is 3. The maximum atomic E-state index is 13.7. The first-order chi connectivity index (χ1) is 16.8. The number of alkyl halides is 3. The number of anilines is 2. The van der Waals surface area contributed by atoms with Crippen molar-refractivity contribution in [2.75, 3.05) is 36.5 Å². The Morgan fingerprint density at radius 2 is 1.89 bits per heavy atom. The summed E-state index contributed by atoms with van der Waals surface area (Å²) in [5.41, 5.74) is 1.15. The highest BCUT2D eigenvalue weighted by atomic mass is 19.4. The van der Waals surface area contributed by atoms with Crippen molar-refractivity contribution in [3.05, 3.63) is 65.7 Å². The number of halogens is 3. The van der Waals surface area contributed by atoms with E-state index in [1.54, 1.807) is 37.4 Å². The summed E-state index contributed by atoms with van der Waals surface area (Å²) in [6.07, 6.45) is -1.65. The van der Waals surface area contributed by atoms with Crippen molar-refractivity contribution in [3.63, 3.8) is 0 Å². The highest BCUT2D eigenvalue weighted by molar-refractivity contribution is 6.05. The molecule has 1 amide bonds. The molecule has 0 bridgehead atoms. The van der Waals surface area contributed by atoms with Gasteiger partial charge in [-0.3, -0.25) is 4.79 Å². The lowest BCUT2D eigenvalue weighted by Gasteiger charge is -2.29. The maximum absolute atomic E-state index is 13.7. The van der Waals surface area contributed by atoms with Crippen molar-refractivity contribution < 1.29 is 27.2 Å². The summed E-state index contributed by atoms with van der Waals surface area (Å²) in [4.78, 5) is 23.1. The summed E-state index contributed by atoms with van der Waals surface area (Å²) in [6, 6.07) is 8.88. The Kier molecular flexibility index (Phi) is 5.85. The molecule has 1 aliphatic heterocycles. The first kappa shape index (κ1) is 22.8. The monoisotopic (exact) mass is 483 g/mol. The second-order valence-electron chi connectivity index (χ2n) is 8.08. The number of rotatable bonds is 4. The van der Waals surface area contributed by atoms with Crippen molar-refractivity contribution in [2.24, 2.45) is 0 Å². The topological polar surface area (TPSA) is 93.4 Å². The predicted octanol–water partition coefficient (Wildman–Crippen LogP) is 4.70. The lowest BCUT2D eigenvalue weighted by molar-refractivity contribution is -0.137. The summed E-state index contributed by atoms with van der Waals surface area (Å²) < 4.78 is 51.2. The third-order valence-electron chi connectivity index (χ3n) is 5.72. The van der Waals surface area contributed by atoms with E-state index in [1.807, 2.05) is 4.90 Å². The Balaban J connectivity index is 1.51. The molecule has 180 valence electrons. The molecule has 8 nitrogen and oxygen atoms in total. The Morgan fingerprint density at radius 3 is 2.60 bits per heavy atom. The van der Waals surface area contributed by atoms with Crippen LogP contribution in [0.2, 0.25) is 0 Å². The molecular weight excluding hydrogens is 463 g/mol. The number of amides is 1. The second-order valence-corrected chi connectivity index (χ2v) is 8.08. The molecule has 11 heteroatoms. The van der Waals surface area contributed by atoms with Crippen LogP contribution in [0.1, 0.15) is 21.7 Å². The number of nitrogens with one attached hydrogen (secondary N) is 1. The molecule has 0 saturated carbocycles. The molecule has 2 aromatic carbocycles. The number of hydrogen-bond donors (Lipinski definition) is 1. The van der Waals surface area contributed by atoms with Crippen LogP contribution in [0.4, 0.5) is 24.5 Å². The molecule has 35 heavy (non-hydrogen) atoms. The molecule has 1 N–H and O–H groups in total. The van der Waals surface area contributed by atoms with E-state index in [-0.39, 0.29) is 11.4 Å². The molecule has 1 saturated heterocycles. The van der Waals surface area contributed by atoms with E-state index in [0.29, 0.717) is 59.9 Å². The molecule has 0 radical (unpaired) electrons. The van der Waals surface area contributed by atoms with Gasteiger partial charge in [0.2, 0.25) is 0 Å². The number of carbonyl (C=O) groups excluding carboxylic acids is 1. The number of nitrogens with zero attached hydrogens (tertiary/aromatic N) is 4. The van der Waals surface area contributed by atoms with Gasteiger partial charge in [0, 0.05) is 41.6 Å². The molecule has 5 rings (SSSR count). The van der Waals surface area contributed by atoms with Gasteiger partial charge in [0.25, 0.3) is 5.91 Å². The van der Waals surface area contributed by atoms with Crippen LogP contribution in [-0.2, 0) is 10.9 Å². The van der Waals surface area contributed by atoms with Crippen molar-refractivity contribution in [1.29, 1.82) is 0 Å². The summed E-state index contributed by atoms with van der Waals surface area (Å²) in [5.74, 6) is 0.135. The van der Waals surface area contributed by atoms with E-state index in [9.17, 15) is 18.0 Å². The quantitative estimate of drug-likeness (QED) is 0.450. The molecule has 1 aliphatic rings. The van der Waals surface area contributed by atoms with Crippen LogP contribution < -0.4 is 10.2 Å². The number of hydrogen-bond acceptors (Lipinski definition) is 7. The Hall–Kier alpha value is -3.99. The van der Waals surface area contributed by atoms with E-state index < -0.39 is 17.6 Å². The SMILES string of the molecule is Cc1oncc1C(=O)Nc1ccc2cnc(-c3cc(N4CCOCC4)cc(C(F)(F)F)c3)nc2c1. The smallest absolute Gasteiger partial charge is 0.378 e. The van der Waals surface area contributed by atoms with Gasteiger partial charge in [0.1, 0.15) is 11.3 Å². The van der Waals surface area contributed by atoms with Gasteiger partial charge in [-0.1, -0.05) is 5.16 Å². The van der Waals surface area contributed by atoms with E-state index in [1.165, 1.54) is 6.20 Å². The standard InChI is InChI=1S/C24H20F3N5O3/c1-14-20(13-29-35-14)23(33)30-18-3-2-15-12-28-22(31-21(15)11-18)16-8-17(24(25,26)27)10-19(9-16)32-4-6-34-7-5-32/h2-3,8-13H,4-7H2,1H3,(H,30,33). The summed E-state index contributed by atoms with van der Waals surface area (Å²) in [6.45, 7) is 3.51. The fourth-order valence-electron chi connectivity index (χ4n) is 3.86. The van der Waals surface area contributed by atoms with Crippen LogP contribution in [-0.4, -0.2) is 47.3 Å². The van der Waals surface area contributed by atoms with Crippen LogP contribution >= 0.6 is 0 Å². The second kappa shape index (κ2) is 8.99. The van der Waals surface area contributed by atoms with Crippen molar-refractivity contribution in [1.82, 2.24) is 15.1 Å². The molecule has 0 aliphatic carbocycles. The fraction of sp³-hybridized carbons (Fsp3) is 0.250. The van der Waals surface area contributed by atoms with Crippen molar-refractivity contribution in [2.45, 2.75) is 13.1 Å². The Morgan fingerprint density at radius 1 is 1.09 bits per heavy atom. The van der Waals surface area contributed by atoms with Gasteiger partial charge >= 0.3 is 6.18 Å². The summed E-state index contributed by atoms with van der Waals surface area (Å²) in [7, 11) is 0. The minimum Gasteiger partial charge on any atom is -0.378 e. The highest BCUT2D eigenvalue weighted by Gasteiger charge is 2.32. The summed E-state index contributed by atoms with van der Waals surface area (Å²) >= 11 is 0. The normalized spacial score (nSPS) is 14.3. The molecular formula is C24H20F3N5O3. The number of aryl methyl sites for hydroxylation is 1. The Labute approximate surface area is 197 Å². The predicted molar refractivity (Wildman–Crippen MR) is 122 cm³/mol. The molecule has 0 spiro atoms. The lowest BCUT2D eigenvalue weighted by Crippen LogP contribution is -2.36. The van der Waals surface area contributed by atoms with Gasteiger partial charge in [0.05, 0.1) is 30.5 Å². The first-order valence-electron chi connectivity index (χ1n) is 10.8. The molecule has 0 unspecified atom stereocenters. The molecule has 2 aromatic heterocycles. The van der Waals surface area contributed by atoms with Crippen LogP contribution in [0.3, 0.4) is 0 Å².